The Hall–Kier alpha value is -7.04. The van der Waals surface area contributed by atoms with Crippen molar-refractivity contribution in [2.24, 2.45) is 5.41 Å². The van der Waals surface area contributed by atoms with Gasteiger partial charge in [-0.25, -0.2) is 4.98 Å². The van der Waals surface area contributed by atoms with E-state index < -0.39 is 0 Å². The van der Waals surface area contributed by atoms with Gasteiger partial charge in [-0.2, -0.15) is 0 Å². The molecule has 0 amide bonds. The average molecular weight is 958 g/mol. The Morgan fingerprint density at radius 3 is 1.71 bits per heavy atom. The molecule has 2 aliphatic carbocycles. The minimum atomic E-state index is -0.327. The molecule has 2 aliphatic rings. The maximum Gasteiger partial charge on any atom is 0.149 e. The van der Waals surface area contributed by atoms with Crippen LogP contribution in [0.5, 0.6) is 5.75 Å². The summed E-state index contributed by atoms with van der Waals surface area (Å²) in [5.74, 6) is 0.970. The number of rotatable bonds is 6. The van der Waals surface area contributed by atoms with Gasteiger partial charge in [0.15, 0.2) is 0 Å². The Morgan fingerprint density at radius 2 is 1.04 bits per heavy atom. The second-order valence-corrected chi connectivity index (χ2v) is 25.7. The Morgan fingerprint density at radius 1 is 0.438 bits per heavy atom. The van der Waals surface area contributed by atoms with Crippen LogP contribution < -0.4 is 0 Å². The topological polar surface area (TPSA) is 50.9 Å². The molecule has 2 heterocycles. The average Bonchev–Trinajstić information content (AvgIpc) is 4.03. The number of benzene rings is 7. The lowest BCUT2D eigenvalue weighted by molar-refractivity contribution is 0.326. The first-order valence-electron chi connectivity index (χ1n) is 26.4. The molecule has 0 atom stereocenters. The fourth-order valence-corrected chi connectivity index (χ4v) is 11.8. The van der Waals surface area contributed by atoms with Gasteiger partial charge in [0.1, 0.15) is 11.6 Å². The zero-order valence-corrected chi connectivity index (χ0v) is 45.1. The van der Waals surface area contributed by atoms with Crippen molar-refractivity contribution in [1.82, 2.24) is 14.5 Å². The highest BCUT2D eigenvalue weighted by Gasteiger charge is 2.42. The van der Waals surface area contributed by atoms with E-state index in [4.69, 9.17) is 9.97 Å². The van der Waals surface area contributed by atoms with Gasteiger partial charge in [0.05, 0.1) is 28.0 Å². The van der Waals surface area contributed by atoms with Crippen molar-refractivity contribution in [3.8, 4) is 67.5 Å². The van der Waals surface area contributed by atoms with E-state index in [1.807, 2.05) is 6.20 Å². The number of aromatic nitrogens is 3. The third-order valence-corrected chi connectivity index (χ3v) is 16.0. The number of para-hydroxylation sites is 1. The molecule has 7 aromatic carbocycles. The minimum Gasteiger partial charge on any atom is -0.507 e. The van der Waals surface area contributed by atoms with E-state index in [2.05, 4.69) is 239 Å². The van der Waals surface area contributed by atoms with Crippen molar-refractivity contribution in [3.63, 3.8) is 0 Å². The molecule has 9 aromatic rings. The van der Waals surface area contributed by atoms with Gasteiger partial charge < -0.3 is 5.11 Å². The highest BCUT2D eigenvalue weighted by molar-refractivity contribution is 5.98. The lowest BCUT2D eigenvalue weighted by Gasteiger charge is -2.28. The van der Waals surface area contributed by atoms with Crippen LogP contribution in [-0.4, -0.2) is 19.6 Å². The molecule has 0 unspecified atom stereocenters. The van der Waals surface area contributed by atoms with Gasteiger partial charge in [-0.1, -0.05) is 186 Å². The number of pyridine rings is 1. The van der Waals surface area contributed by atoms with Crippen LogP contribution in [0.2, 0.25) is 0 Å². The number of fused-ring (bicyclic) bond motifs is 3. The van der Waals surface area contributed by atoms with E-state index in [0.29, 0.717) is 11.2 Å². The summed E-state index contributed by atoms with van der Waals surface area (Å²) in [5, 5.41) is 12.6. The largest absolute Gasteiger partial charge is 0.507 e. The molecule has 0 saturated heterocycles. The van der Waals surface area contributed by atoms with E-state index >= 15 is 0 Å². The van der Waals surface area contributed by atoms with Crippen molar-refractivity contribution in [1.29, 1.82) is 0 Å². The summed E-state index contributed by atoms with van der Waals surface area (Å²) in [6.45, 7) is 27.0. The molecular formula is C69H71N3O. The van der Waals surface area contributed by atoms with Crippen LogP contribution in [0.4, 0.5) is 0 Å². The summed E-state index contributed by atoms with van der Waals surface area (Å²) < 4.78 is 2.31. The number of phenolic OH excluding ortho intramolecular Hbond substituents is 1. The summed E-state index contributed by atoms with van der Waals surface area (Å²) >= 11 is 0. The Bertz CT molecular complexity index is 3590. The Balaban J connectivity index is 1.09. The third-order valence-electron chi connectivity index (χ3n) is 16.0. The van der Waals surface area contributed by atoms with Crippen LogP contribution in [0.15, 0.2) is 158 Å². The van der Waals surface area contributed by atoms with Crippen LogP contribution in [0.25, 0.3) is 72.7 Å². The van der Waals surface area contributed by atoms with Crippen molar-refractivity contribution in [2.75, 3.05) is 0 Å². The molecule has 4 nitrogen and oxygen atoms in total. The van der Waals surface area contributed by atoms with Gasteiger partial charge in [0.2, 0.25) is 0 Å². The third kappa shape index (κ3) is 8.91. The van der Waals surface area contributed by atoms with Crippen LogP contribution >= 0.6 is 0 Å². The highest BCUT2D eigenvalue weighted by atomic mass is 16.3. The minimum absolute atomic E-state index is 0.0759. The molecule has 0 bridgehead atoms. The molecule has 368 valence electrons. The van der Waals surface area contributed by atoms with Crippen LogP contribution in [0.3, 0.4) is 0 Å². The first kappa shape index (κ1) is 48.2. The first-order chi connectivity index (χ1) is 34.5. The van der Waals surface area contributed by atoms with E-state index in [1.165, 1.54) is 57.3 Å². The molecule has 2 aromatic heterocycles. The van der Waals surface area contributed by atoms with Gasteiger partial charge in [-0.05, 0) is 162 Å². The number of imidazole rings is 1. The predicted molar refractivity (Wildman–Crippen MR) is 306 cm³/mol. The molecule has 4 heteroatoms. The standard InChI is InChI=1S/C69H71N3O/c1-65(2,3)52-27-28-60(56(36-52)43-19-14-13-15-20-43)72-61-24-18-23-55(62(61)71-64(72)57-37-54(67(7,8)9)38-58(63(57)73)68(10,11)12)49-32-50(34-53(33-49)66(4,5)6)59-35-45(29-30-70-59)44-25-26-48-41-69(42-51(48)31-44)39-46-21-16-17-22-47(46)40-69/h13-38,73H,39-42H2,1-12H3. The smallest absolute Gasteiger partial charge is 0.149 e. The predicted octanol–water partition coefficient (Wildman–Crippen LogP) is 17.5. The monoisotopic (exact) mass is 958 g/mol. The van der Waals surface area contributed by atoms with E-state index in [-0.39, 0.29) is 27.4 Å². The summed E-state index contributed by atoms with van der Waals surface area (Å²) in [5.41, 5.74) is 22.4. The molecule has 1 N–H and O–H groups in total. The molecule has 0 saturated carbocycles. The summed E-state index contributed by atoms with van der Waals surface area (Å²) in [7, 11) is 0. The normalized spacial score (nSPS) is 14.5. The summed E-state index contributed by atoms with van der Waals surface area (Å²) in [4.78, 5) is 10.8. The van der Waals surface area contributed by atoms with Gasteiger partial charge >= 0.3 is 0 Å². The van der Waals surface area contributed by atoms with E-state index in [1.54, 1.807) is 0 Å². The lowest BCUT2D eigenvalue weighted by Crippen LogP contribution is -2.21. The number of hydrogen-bond acceptors (Lipinski definition) is 3. The van der Waals surface area contributed by atoms with Gasteiger partial charge in [0, 0.05) is 28.5 Å². The number of nitrogens with zero attached hydrogens (tertiary/aromatic N) is 3. The van der Waals surface area contributed by atoms with Crippen molar-refractivity contribution >= 4 is 11.0 Å². The fraction of sp³-hybridized carbons (Fsp3) is 0.304. The Kier molecular flexibility index (Phi) is 11.4. The SMILES string of the molecule is CC(C)(C)c1cc(-c2cc(-c3ccc4c(c3)CC3(Cc5ccccc5C3)C4)ccn2)cc(-c2cccc3c2nc(-c2cc(C(C)(C)C)cc(C(C)(C)C)c2O)n3-c2ccc(C(C)(C)C)cc2-c2ccccc2)c1. The van der Waals surface area contributed by atoms with Crippen LogP contribution in [-0.2, 0) is 47.3 Å². The quantitative estimate of drug-likeness (QED) is 0.181. The van der Waals surface area contributed by atoms with E-state index in [9.17, 15) is 5.11 Å². The van der Waals surface area contributed by atoms with Crippen molar-refractivity contribution < 1.29 is 5.11 Å². The van der Waals surface area contributed by atoms with E-state index in [0.717, 1.165) is 79.8 Å². The highest BCUT2D eigenvalue weighted by Crippen LogP contribution is 2.49. The number of hydrogen-bond donors (Lipinski definition) is 1. The second kappa shape index (κ2) is 17.3. The summed E-state index contributed by atoms with van der Waals surface area (Å²) in [6, 6.07) is 56.2. The molecule has 0 aliphatic heterocycles. The number of aromatic hydroxyl groups is 1. The molecular weight excluding hydrogens is 887 g/mol. The Labute approximate surface area is 434 Å². The van der Waals surface area contributed by atoms with Crippen LogP contribution in [0, 0.1) is 5.41 Å². The zero-order valence-electron chi connectivity index (χ0n) is 45.1. The maximum atomic E-state index is 12.6. The van der Waals surface area contributed by atoms with Gasteiger partial charge in [-0.15, -0.1) is 0 Å². The zero-order chi connectivity index (χ0) is 51.4. The van der Waals surface area contributed by atoms with Gasteiger partial charge in [0.25, 0.3) is 0 Å². The molecule has 0 fully saturated rings. The molecule has 1 spiro atoms. The van der Waals surface area contributed by atoms with Gasteiger partial charge in [-0.3, -0.25) is 9.55 Å². The van der Waals surface area contributed by atoms with Crippen molar-refractivity contribution in [3.05, 3.63) is 202 Å². The van der Waals surface area contributed by atoms with Crippen LogP contribution in [0.1, 0.15) is 128 Å². The molecule has 0 radical (unpaired) electrons. The van der Waals surface area contributed by atoms with Crippen molar-refractivity contribution in [2.45, 2.75) is 130 Å². The molecule has 73 heavy (non-hydrogen) atoms. The molecule has 11 rings (SSSR count). The lowest BCUT2D eigenvalue weighted by atomic mass is 9.79. The fourth-order valence-electron chi connectivity index (χ4n) is 11.8. The maximum absolute atomic E-state index is 12.6. The first-order valence-corrected chi connectivity index (χ1v) is 26.4. The second-order valence-electron chi connectivity index (χ2n) is 25.7. The number of phenols is 1. The summed E-state index contributed by atoms with van der Waals surface area (Å²) in [6.07, 6.45) is 6.58.